The monoisotopic (exact) mass is 264 g/mol. The zero-order valence-corrected chi connectivity index (χ0v) is 10.8. The number of rotatable bonds is 3. The summed E-state index contributed by atoms with van der Waals surface area (Å²) >= 11 is 6.03. The minimum absolute atomic E-state index is 0.410. The van der Waals surface area contributed by atoms with E-state index in [0.29, 0.717) is 22.2 Å². The summed E-state index contributed by atoms with van der Waals surface area (Å²) in [5.74, 6) is 0.410. The van der Waals surface area contributed by atoms with Gasteiger partial charge in [-0.1, -0.05) is 23.7 Å². The largest absolute Gasteiger partial charge is 0.480 e. The third-order valence-corrected chi connectivity index (χ3v) is 3.07. The summed E-state index contributed by atoms with van der Waals surface area (Å²) in [6.45, 7) is 1.91. The second-order valence-corrected chi connectivity index (χ2v) is 4.32. The average molecular weight is 265 g/mol. The smallest absolute Gasteiger partial charge is 0.233 e. The molecule has 1 atom stereocenters. The lowest BCUT2D eigenvalue weighted by Gasteiger charge is -2.11. The van der Waals surface area contributed by atoms with Crippen molar-refractivity contribution in [3.05, 3.63) is 52.2 Å². The third-order valence-electron chi connectivity index (χ3n) is 2.66. The summed E-state index contributed by atoms with van der Waals surface area (Å²) in [6.07, 6.45) is -0.846. The van der Waals surface area contributed by atoms with Crippen LogP contribution in [0.1, 0.15) is 22.9 Å². The Kier molecular flexibility index (Phi) is 3.79. The van der Waals surface area contributed by atoms with Gasteiger partial charge in [0, 0.05) is 11.1 Å². The van der Waals surface area contributed by atoms with Crippen LogP contribution in [-0.4, -0.2) is 22.4 Å². The first-order chi connectivity index (χ1) is 8.61. The van der Waals surface area contributed by atoms with Gasteiger partial charge in [-0.3, -0.25) is 0 Å². The molecule has 0 saturated carbocycles. The zero-order valence-electron chi connectivity index (χ0n) is 10.1. The maximum absolute atomic E-state index is 10.2. The third kappa shape index (κ3) is 2.60. The predicted octanol–water partition coefficient (Wildman–Crippen LogP) is 2.53. The van der Waals surface area contributed by atoms with E-state index in [-0.39, 0.29) is 0 Å². The van der Waals surface area contributed by atoms with Crippen molar-refractivity contribution in [1.82, 2.24) is 10.2 Å². The molecule has 94 valence electrons. The van der Waals surface area contributed by atoms with E-state index in [2.05, 4.69) is 10.2 Å². The molecular weight excluding hydrogens is 252 g/mol. The quantitative estimate of drug-likeness (QED) is 0.926. The predicted molar refractivity (Wildman–Crippen MR) is 68.8 cm³/mol. The number of methoxy groups -OCH3 is 1. The normalized spacial score (nSPS) is 12.2. The van der Waals surface area contributed by atoms with E-state index in [9.17, 15) is 5.11 Å². The molecule has 0 spiro atoms. The molecule has 0 saturated heterocycles. The molecule has 18 heavy (non-hydrogen) atoms. The number of aryl methyl sites for hydroxylation is 1. The highest BCUT2D eigenvalue weighted by atomic mass is 35.5. The van der Waals surface area contributed by atoms with Crippen molar-refractivity contribution in [3.63, 3.8) is 0 Å². The van der Waals surface area contributed by atoms with Crippen LogP contribution >= 0.6 is 11.6 Å². The molecule has 0 fully saturated rings. The van der Waals surface area contributed by atoms with Gasteiger partial charge in [0.1, 0.15) is 6.10 Å². The van der Waals surface area contributed by atoms with Gasteiger partial charge in [-0.2, -0.15) is 0 Å². The van der Waals surface area contributed by atoms with Crippen molar-refractivity contribution in [2.45, 2.75) is 13.0 Å². The second-order valence-electron chi connectivity index (χ2n) is 3.91. The van der Waals surface area contributed by atoms with Gasteiger partial charge in [-0.15, -0.1) is 10.2 Å². The number of aromatic nitrogens is 2. The number of aliphatic hydroxyl groups is 1. The molecule has 2 rings (SSSR count). The topological polar surface area (TPSA) is 55.2 Å². The molecule has 0 aliphatic carbocycles. The van der Waals surface area contributed by atoms with Gasteiger partial charge in [0.2, 0.25) is 5.88 Å². The number of nitrogens with zero attached hydrogens (tertiary/aromatic N) is 2. The molecule has 0 bridgehead atoms. The van der Waals surface area contributed by atoms with Crippen LogP contribution in [0.25, 0.3) is 0 Å². The van der Waals surface area contributed by atoms with Crippen LogP contribution in [0.2, 0.25) is 5.02 Å². The van der Waals surface area contributed by atoms with Crippen LogP contribution in [0.3, 0.4) is 0 Å². The summed E-state index contributed by atoms with van der Waals surface area (Å²) in [4.78, 5) is 0. The highest BCUT2D eigenvalue weighted by Gasteiger charge is 2.13. The van der Waals surface area contributed by atoms with E-state index >= 15 is 0 Å². The van der Waals surface area contributed by atoms with Crippen molar-refractivity contribution >= 4 is 11.6 Å². The molecule has 4 nitrogen and oxygen atoms in total. The Balaban J connectivity index is 2.28. The Labute approximate surface area is 110 Å². The first kappa shape index (κ1) is 12.8. The van der Waals surface area contributed by atoms with E-state index in [1.165, 1.54) is 7.11 Å². The highest BCUT2D eigenvalue weighted by Crippen LogP contribution is 2.25. The van der Waals surface area contributed by atoms with Crippen LogP contribution in [0.4, 0.5) is 0 Å². The van der Waals surface area contributed by atoms with Gasteiger partial charge in [0.15, 0.2) is 0 Å². The van der Waals surface area contributed by atoms with Gasteiger partial charge in [-0.25, -0.2) is 0 Å². The Morgan fingerprint density at radius 1 is 1.22 bits per heavy atom. The molecule has 1 unspecified atom stereocenters. The highest BCUT2D eigenvalue weighted by molar-refractivity contribution is 6.31. The molecular formula is C13H13ClN2O2. The lowest BCUT2D eigenvalue weighted by atomic mass is 10.0. The van der Waals surface area contributed by atoms with E-state index in [0.717, 1.165) is 5.56 Å². The van der Waals surface area contributed by atoms with E-state index < -0.39 is 6.10 Å². The first-order valence-electron chi connectivity index (χ1n) is 5.43. The second kappa shape index (κ2) is 5.33. The number of ether oxygens (including phenoxy) is 1. The number of hydrogen-bond acceptors (Lipinski definition) is 4. The fourth-order valence-corrected chi connectivity index (χ4v) is 1.72. The van der Waals surface area contributed by atoms with Crippen LogP contribution in [0.15, 0.2) is 30.3 Å². The minimum atomic E-state index is -0.846. The lowest BCUT2D eigenvalue weighted by Crippen LogP contribution is -2.04. The standard InChI is InChI=1S/C13H13ClN2O2/c1-8-3-4-9(7-10(8)14)13(17)11-5-6-12(18-2)16-15-11/h3-7,13,17H,1-2H3. The van der Waals surface area contributed by atoms with Crippen molar-refractivity contribution < 1.29 is 9.84 Å². The Morgan fingerprint density at radius 2 is 2.00 bits per heavy atom. The molecule has 1 N–H and O–H groups in total. The van der Waals surface area contributed by atoms with Crippen molar-refractivity contribution in [2.24, 2.45) is 0 Å². The molecule has 1 aromatic heterocycles. The molecule has 1 heterocycles. The van der Waals surface area contributed by atoms with Crippen LogP contribution in [0.5, 0.6) is 5.88 Å². The Bertz CT molecular complexity index is 543. The minimum Gasteiger partial charge on any atom is -0.480 e. The molecule has 5 heteroatoms. The summed E-state index contributed by atoms with van der Waals surface area (Å²) in [7, 11) is 1.51. The summed E-state index contributed by atoms with van der Waals surface area (Å²) < 4.78 is 4.91. The zero-order chi connectivity index (χ0) is 13.1. The number of benzene rings is 1. The van der Waals surface area contributed by atoms with Crippen LogP contribution < -0.4 is 4.74 Å². The van der Waals surface area contributed by atoms with Gasteiger partial charge in [-0.05, 0) is 30.2 Å². The van der Waals surface area contributed by atoms with E-state index in [1.54, 1.807) is 18.2 Å². The molecule has 1 aromatic carbocycles. The molecule has 0 aliphatic rings. The SMILES string of the molecule is COc1ccc(C(O)c2ccc(C)c(Cl)c2)nn1. The van der Waals surface area contributed by atoms with Gasteiger partial charge < -0.3 is 9.84 Å². The van der Waals surface area contributed by atoms with Crippen LogP contribution in [-0.2, 0) is 0 Å². The van der Waals surface area contributed by atoms with Crippen molar-refractivity contribution in [3.8, 4) is 5.88 Å². The number of hydrogen-bond donors (Lipinski definition) is 1. The van der Waals surface area contributed by atoms with E-state index in [1.807, 2.05) is 19.1 Å². The van der Waals surface area contributed by atoms with Gasteiger partial charge in [0.05, 0.1) is 12.8 Å². The molecule has 2 aromatic rings. The summed E-state index contributed by atoms with van der Waals surface area (Å²) in [6, 6.07) is 8.73. The van der Waals surface area contributed by atoms with E-state index in [4.69, 9.17) is 16.3 Å². The molecule has 0 radical (unpaired) electrons. The Hall–Kier alpha value is -1.65. The lowest BCUT2D eigenvalue weighted by molar-refractivity contribution is 0.213. The average Bonchev–Trinajstić information content (AvgIpc) is 2.41. The first-order valence-corrected chi connectivity index (χ1v) is 5.81. The Morgan fingerprint density at radius 3 is 2.56 bits per heavy atom. The summed E-state index contributed by atoms with van der Waals surface area (Å²) in [5.41, 5.74) is 2.11. The molecule has 0 amide bonds. The fraction of sp³-hybridized carbons (Fsp3) is 0.231. The van der Waals surface area contributed by atoms with Crippen LogP contribution in [0, 0.1) is 6.92 Å². The summed E-state index contributed by atoms with van der Waals surface area (Å²) in [5, 5.41) is 18.5. The maximum atomic E-state index is 10.2. The van der Waals surface area contributed by atoms with Crippen molar-refractivity contribution in [1.29, 1.82) is 0 Å². The number of aliphatic hydroxyl groups excluding tert-OH is 1. The van der Waals surface area contributed by atoms with Gasteiger partial charge >= 0.3 is 0 Å². The maximum Gasteiger partial charge on any atom is 0.233 e. The van der Waals surface area contributed by atoms with Gasteiger partial charge in [0.25, 0.3) is 0 Å². The fourth-order valence-electron chi connectivity index (χ4n) is 1.54. The number of halogens is 1. The molecule has 0 aliphatic heterocycles. The van der Waals surface area contributed by atoms with Crippen molar-refractivity contribution in [2.75, 3.05) is 7.11 Å².